The van der Waals surface area contributed by atoms with E-state index in [1.165, 1.54) is 36.1 Å². The molecule has 1 heterocycles. The van der Waals surface area contributed by atoms with Crippen molar-refractivity contribution in [3.05, 3.63) is 47.5 Å². The van der Waals surface area contributed by atoms with Gasteiger partial charge in [0.25, 0.3) is 5.91 Å². The van der Waals surface area contributed by atoms with Crippen LogP contribution in [0.5, 0.6) is 0 Å². The summed E-state index contributed by atoms with van der Waals surface area (Å²) in [6.45, 7) is 1.53. The van der Waals surface area contributed by atoms with Crippen LogP contribution in [-0.2, 0) is 9.53 Å². The van der Waals surface area contributed by atoms with Crippen molar-refractivity contribution in [2.75, 3.05) is 13.7 Å². The van der Waals surface area contributed by atoms with Crippen LogP contribution in [0.1, 0.15) is 16.1 Å². The third-order valence-corrected chi connectivity index (χ3v) is 3.21. The number of amides is 1. The number of rotatable bonds is 6. The van der Waals surface area contributed by atoms with Gasteiger partial charge in [-0.05, 0) is 31.2 Å². The van der Waals surface area contributed by atoms with Crippen molar-refractivity contribution >= 4 is 11.9 Å². The maximum absolute atomic E-state index is 12.9. The lowest BCUT2D eigenvalue weighted by atomic mass is 10.2. The SMILES string of the molecule is COC(CNC(=O)c1nn(-c2ccc(F)cc2)cc1C)C(=O)O. The van der Waals surface area contributed by atoms with E-state index in [0.29, 0.717) is 11.3 Å². The molecule has 1 aromatic carbocycles. The number of carbonyl (C=O) groups excluding carboxylic acids is 1. The van der Waals surface area contributed by atoms with Crippen LogP contribution in [0.4, 0.5) is 4.39 Å². The Bertz CT molecular complexity index is 712. The Morgan fingerprint density at radius 3 is 2.61 bits per heavy atom. The van der Waals surface area contributed by atoms with Gasteiger partial charge in [0.2, 0.25) is 0 Å². The summed E-state index contributed by atoms with van der Waals surface area (Å²) in [6, 6.07) is 5.66. The second-order valence-corrected chi connectivity index (χ2v) is 4.85. The molecule has 2 N–H and O–H groups in total. The van der Waals surface area contributed by atoms with Crippen LogP contribution in [-0.4, -0.2) is 46.5 Å². The molecule has 0 radical (unpaired) electrons. The molecular formula is C15H16FN3O4. The normalized spacial score (nSPS) is 12.0. The third kappa shape index (κ3) is 3.92. The summed E-state index contributed by atoms with van der Waals surface area (Å²) in [5, 5.41) is 15.5. The molecule has 8 heteroatoms. The van der Waals surface area contributed by atoms with Crippen LogP contribution in [0.15, 0.2) is 30.5 Å². The molecule has 0 aliphatic carbocycles. The highest BCUT2D eigenvalue weighted by atomic mass is 19.1. The summed E-state index contributed by atoms with van der Waals surface area (Å²) >= 11 is 0. The zero-order valence-corrected chi connectivity index (χ0v) is 12.6. The van der Waals surface area contributed by atoms with Crippen LogP contribution in [0.25, 0.3) is 5.69 Å². The molecule has 0 saturated carbocycles. The first-order valence-corrected chi connectivity index (χ1v) is 6.78. The number of ether oxygens (including phenoxy) is 1. The van der Waals surface area contributed by atoms with Gasteiger partial charge in [0.1, 0.15) is 5.82 Å². The zero-order chi connectivity index (χ0) is 17.0. The molecule has 0 saturated heterocycles. The summed E-state index contributed by atoms with van der Waals surface area (Å²) in [4.78, 5) is 22.9. The second-order valence-electron chi connectivity index (χ2n) is 4.85. The number of halogens is 1. The lowest BCUT2D eigenvalue weighted by Crippen LogP contribution is -2.38. The molecule has 0 aliphatic rings. The van der Waals surface area contributed by atoms with Gasteiger partial charge in [0, 0.05) is 18.9 Å². The van der Waals surface area contributed by atoms with Crippen LogP contribution >= 0.6 is 0 Å². The average Bonchev–Trinajstić information content (AvgIpc) is 2.90. The zero-order valence-electron chi connectivity index (χ0n) is 12.6. The predicted octanol–water partition coefficient (Wildman–Crippen LogP) is 1.15. The van der Waals surface area contributed by atoms with Gasteiger partial charge in [-0.2, -0.15) is 5.10 Å². The Hall–Kier alpha value is -2.74. The molecule has 2 aromatic rings. The number of benzene rings is 1. The van der Waals surface area contributed by atoms with Gasteiger partial charge in [-0.15, -0.1) is 0 Å². The smallest absolute Gasteiger partial charge is 0.334 e. The summed E-state index contributed by atoms with van der Waals surface area (Å²) in [7, 11) is 1.25. The lowest BCUT2D eigenvalue weighted by molar-refractivity contribution is -0.148. The molecule has 1 aromatic heterocycles. The highest BCUT2D eigenvalue weighted by Crippen LogP contribution is 2.12. The predicted molar refractivity (Wildman–Crippen MR) is 79.0 cm³/mol. The lowest BCUT2D eigenvalue weighted by Gasteiger charge is -2.10. The van der Waals surface area contributed by atoms with E-state index in [-0.39, 0.29) is 18.1 Å². The number of aryl methyl sites for hydroxylation is 1. The summed E-state index contributed by atoms with van der Waals surface area (Å²) in [5.74, 6) is -2.04. The number of aliphatic carboxylic acids is 1. The molecule has 0 fully saturated rings. The molecule has 122 valence electrons. The van der Waals surface area contributed by atoms with E-state index in [4.69, 9.17) is 9.84 Å². The minimum absolute atomic E-state index is 0.162. The van der Waals surface area contributed by atoms with Crippen molar-refractivity contribution in [2.24, 2.45) is 0 Å². The first-order valence-electron chi connectivity index (χ1n) is 6.78. The van der Waals surface area contributed by atoms with E-state index >= 15 is 0 Å². The Morgan fingerprint density at radius 1 is 1.39 bits per heavy atom. The Morgan fingerprint density at radius 2 is 2.04 bits per heavy atom. The van der Waals surface area contributed by atoms with Crippen molar-refractivity contribution in [1.82, 2.24) is 15.1 Å². The van der Waals surface area contributed by atoms with Crippen molar-refractivity contribution in [3.8, 4) is 5.69 Å². The minimum Gasteiger partial charge on any atom is -0.479 e. The number of nitrogens with one attached hydrogen (secondary N) is 1. The molecule has 0 aliphatic heterocycles. The number of carbonyl (C=O) groups is 2. The number of hydrogen-bond donors (Lipinski definition) is 2. The van der Waals surface area contributed by atoms with E-state index in [1.807, 2.05) is 0 Å². The number of carboxylic acids is 1. The number of hydrogen-bond acceptors (Lipinski definition) is 4. The number of aromatic nitrogens is 2. The van der Waals surface area contributed by atoms with Gasteiger partial charge in [0.15, 0.2) is 11.8 Å². The van der Waals surface area contributed by atoms with E-state index in [9.17, 15) is 14.0 Å². The molecular weight excluding hydrogens is 305 g/mol. The monoisotopic (exact) mass is 321 g/mol. The standard InChI is InChI=1S/C15H16FN3O4/c1-9-8-19(11-5-3-10(16)4-6-11)18-13(9)14(20)17-7-12(23-2)15(21)22/h3-6,8,12H,7H2,1-2H3,(H,17,20)(H,21,22). The van der Waals surface area contributed by atoms with Crippen LogP contribution < -0.4 is 5.32 Å². The third-order valence-electron chi connectivity index (χ3n) is 3.21. The molecule has 23 heavy (non-hydrogen) atoms. The topological polar surface area (TPSA) is 93.5 Å². The fraction of sp³-hybridized carbons (Fsp3) is 0.267. The van der Waals surface area contributed by atoms with E-state index in [1.54, 1.807) is 13.1 Å². The van der Waals surface area contributed by atoms with E-state index in [0.717, 1.165) is 0 Å². The van der Waals surface area contributed by atoms with Crippen LogP contribution in [0.2, 0.25) is 0 Å². The molecule has 0 bridgehead atoms. The van der Waals surface area contributed by atoms with Crippen LogP contribution in [0, 0.1) is 12.7 Å². The van der Waals surface area contributed by atoms with Gasteiger partial charge in [0.05, 0.1) is 12.2 Å². The first kappa shape index (κ1) is 16.6. The molecule has 1 atom stereocenters. The highest BCUT2D eigenvalue weighted by Gasteiger charge is 2.20. The van der Waals surface area contributed by atoms with Gasteiger partial charge < -0.3 is 15.2 Å². The Balaban J connectivity index is 2.12. The maximum atomic E-state index is 12.9. The van der Waals surface area contributed by atoms with Crippen molar-refractivity contribution < 1.29 is 23.8 Å². The van der Waals surface area contributed by atoms with E-state index < -0.39 is 18.0 Å². The fourth-order valence-electron chi connectivity index (χ4n) is 1.95. The first-order chi connectivity index (χ1) is 10.9. The van der Waals surface area contributed by atoms with Gasteiger partial charge >= 0.3 is 5.97 Å². The Kier molecular flexibility index (Phi) is 5.07. The minimum atomic E-state index is -1.17. The second kappa shape index (κ2) is 7.01. The molecule has 2 rings (SSSR count). The number of carboxylic acid groups (broad SMARTS) is 1. The van der Waals surface area contributed by atoms with E-state index in [2.05, 4.69) is 10.4 Å². The summed E-state index contributed by atoms with van der Waals surface area (Å²) < 4.78 is 19.1. The Labute approximate surface area is 131 Å². The molecule has 0 spiro atoms. The summed E-state index contributed by atoms with van der Waals surface area (Å²) in [5.41, 5.74) is 1.37. The molecule has 7 nitrogen and oxygen atoms in total. The summed E-state index contributed by atoms with van der Waals surface area (Å²) in [6.07, 6.45) is 0.506. The van der Waals surface area contributed by atoms with Gasteiger partial charge in [-0.3, -0.25) is 4.79 Å². The largest absolute Gasteiger partial charge is 0.479 e. The number of methoxy groups -OCH3 is 1. The quantitative estimate of drug-likeness (QED) is 0.832. The number of nitrogens with zero attached hydrogens (tertiary/aromatic N) is 2. The maximum Gasteiger partial charge on any atom is 0.334 e. The van der Waals surface area contributed by atoms with Crippen molar-refractivity contribution in [2.45, 2.75) is 13.0 Å². The van der Waals surface area contributed by atoms with Gasteiger partial charge in [-0.1, -0.05) is 0 Å². The highest BCUT2D eigenvalue weighted by molar-refractivity contribution is 5.94. The van der Waals surface area contributed by atoms with Crippen LogP contribution in [0.3, 0.4) is 0 Å². The molecule has 1 unspecified atom stereocenters. The van der Waals surface area contributed by atoms with Crippen molar-refractivity contribution in [3.63, 3.8) is 0 Å². The average molecular weight is 321 g/mol. The molecule has 1 amide bonds. The van der Waals surface area contributed by atoms with Crippen molar-refractivity contribution in [1.29, 1.82) is 0 Å². The van der Waals surface area contributed by atoms with Gasteiger partial charge in [-0.25, -0.2) is 13.9 Å². The fourth-order valence-corrected chi connectivity index (χ4v) is 1.95.